The van der Waals surface area contributed by atoms with Crippen molar-refractivity contribution in [2.24, 2.45) is 5.92 Å². The summed E-state index contributed by atoms with van der Waals surface area (Å²) >= 11 is 5.59. The van der Waals surface area contributed by atoms with Crippen LogP contribution in [0.1, 0.15) is 19.4 Å². The van der Waals surface area contributed by atoms with Gasteiger partial charge in [-0.05, 0) is 48.4 Å². The Kier molecular flexibility index (Phi) is 8.36. The van der Waals surface area contributed by atoms with Crippen LogP contribution in [0.25, 0.3) is 0 Å². The van der Waals surface area contributed by atoms with Gasteiger partial charge in [0.1, 0.15) is 5.75 Å². The first kappa shape index (κ1) is 26.0. The van der Waals surface area contributed by atoms with Crippen molar-refractivity contribution < 1.29 is 27.8 Å². The molecule has 8 nitrogen and oxygen atoms in total. The van der Waals surface area contributed by atoms with Crippen molar-refractivity contribution in [1.29, 1.82) is 0 Å². The highest BCUT2D eigenvalue weighted by Crippen LogP contribution is 2.36. The van der Waals surface area contributed by atoms with Crippen LogP contribution in [0.15, 0.2) is 54.7 Å². The van der Waals surface area contributed by atoms with Crippen molar-refractivity contribution in [3.63, 3.8) is 0 Å². The van der Waals surface area contributed by atoms with E-state index in [1.54, 1.807) is 30.3 Å². The van der Waals surface area contributed by atoms with E-state index in [1.807, 2.05) is 13.8 Å². The molecule has 1 atom stereocenters. The Morgan fingerprint density at radius 3 is 2.37 bits per heavy atom. The average Bonchev–Trinajstić information content (AvgIpc) is 2.79. The van der Waals surface area contributed by atoms with Crippen LogP contribution in [-0.4, -0.2) is 33.8 Å². The molecule has 12 heteroatoms. The van der Waals surface area contributed by atoms with Crippen LogP contribution in [0.5, 0.6) is 11.6 Å². The lowest BCUT2D eigenvalue weighted by molar-refractivity contribution is -0.137. The standard InChI is InChI=1S/C23H23ClF3N5O3/c1-13(2)19(12-33)31-21-28-10-9-20(32-21)35-16-6-3-14(4-7-16)29-22(34)30-15-5-8-18(24)17(11-15)23(25,26)27/h3-11,13,19,33H,12H2,1-2H3,(H,28,31,32)(H2,29,30,34)/t19-/m0/s1. The summed E-state index contributed by atoms with van der Waals surface area (Å²) in [6.07, 6.45) is -3.13. The second kappa shape index (κ2) is 11.2. The quantitative estimate of drug-likeness (QED) is 0.296. The number of aliphatic hydroxyl groups excluding tert-OH is 1. The number of anilines is 3. The van der Waals surface area contributed by atoms with E-state index in [2.05, 4.69) is 25.9 Å². The third-order valence-electron chi connectivity index (χ3n) is 4.81. The molecule has 0 fully saturated rings. The minimum atomic E-state index is -4.64. The molecule has 4 N–H and O–H groups in total. The number of urea groups is 1. The fourth-order valence-corrected chi connectivity index (χ4v) is 3.12. The van der Waals surface area contributed by atoms with Crippen molar-refractivity contribution in [2.75, 3.05) is 22.6 Å². The van der Waals surface area contributed by atoms with Gasteiger partial charge in [-0.25, -0.2) is 9.78 Å². The van der Waals surface area contributed by atoms with Gasteiger partial charge in [-0.2, -0.15) is 18.2 Å². The number of aromatic nitrogens is 2. The van der Waals surface area contributed by atoms with Gasteiger partial charge in [0.25, 0.3) is 0 Å². The van der Waals surface area contributed by atoms with E-state index >= 15 is 0 Å². The van der Waals surface area contributed by atoms with E-state index < -0.39 is 22.8 Å². The Bertz CT molecular complexity index is 1160. The van der Waals surface area contributed by atoms with Crippen molar-refractivity contribution in [1.82, 2.24) is 9.97 Å². The molecule has 0 aliphatic rings. The lowest BCUT2D eigenvalue weighted by Crippen LogP contribution is -2.30. The smallest absolute Gasteiger partial charge is 0.417 e. The first-order valence-electron chi connectivity index (χ1n) is 10.5. The number of nitrogens with one attached hydrogen (secondary N) is 3. The molecule has 0 aliphatic heterocycles. The van der Waals surface area contributed by atoms with Crippen LogP contribution in [0, 0.1) is 5.92 Å². The van der Waals surface area contributed by atoms with E-state index in [0.717, 1.165) is 12.1 Å². The molecule has 2 amide bonds. The van der Waals surface area contributed by atoms with E-state index in [0.29, 0.717) is 17.4 Å². The summed E-state index contributed by atoms with van der Waals surface area (Å²) in [5.74, 6) is 1.16. The lowest BCUT2D eigenvalue weighted by Gasteiger charge is -2.19. The number of amides is 2. The Hall–Kier alpha value is -3.57. The largest absolute Gasteiger partial charge is 0.439 e. The van der Waals surface area contributed by atoms with Crippen LogP contribution < -0.4 is 20.7 Å². The maximum absolute atomic E-state index is 13.0. The van der Waals surface area contributed by atoms with Gasteiger partial charge in [0.05, 0.1) is 23.2 Å². The molecule has 3 rings (SSSR count). The van der Waals surface area contributed by atoms with Gasteiger partial charge in [-0.3, -0.25) is 0 Å². The van der Waals surface area contributed by atoms with Crippen molar-refractivity contribution in [3.05, 3.63) is 65.3 Å². The highest BCUT2D eigenvalue weighted by Gasteiger charge is 2.33. The predicted molar refractivity (Wildman–Crippen MR) is 127 cm³/mol. The SMILES string of the molecule is CC(C)[C@H](CO)Nc1nccc(Oc2ccc(NC(=O)Nc3ccc(Cl)c(C(F)(F)F)c3)cc2)n1. The molecular weight excluding hydrogens is 487 g/mol. The molecule has 1 aromatic heterocycles. The van der Waals surface area contributed by atoms with Crippen LogP contribution in [-0.2, 0) is 6.18 Å². The summed E-state index contributed by atoms with van der Waals surface area (Å²) in [6.45, 7) is 3.84. The molecule has 35 heavy (non-hydrogen) atoms. The molecule has 3 aromatic rings. The zero-order valence-electron chi connectivity index (χ0n) is 18.7. The monoisotopic (exact) mass is 509 g/mol. The van der Waals surface area contributed by atoms with Crippen LogP contribution in [0.3, 0.4) is 0 Å². The van der Waals surface area contributed by atoms with Gasteiger partial charge in [0, 0.05) is 23.6 Å². The van der Waals surface area contributed by atoms with Gasteiger partial charge in [0.2, 0.25) is 11.8 Å². The fourth-order valence-electron chi connectivity index (χ4n) is 2.90. The predicted octanol–water partition coefficient (Wildman–Crippen LogP) is 6.01. The van der Waals surface area contributed by atoms with Gasteiger partial charge < -0.3 is 25.8 Å². The van der Waals surface area contributed by atoms with Crippen molar-refractivity contribution in [2.45, 2.75) is 26.1 Å². The zero-order chi connectivity index (χ0) is 25.6. The molecule has 0 aliphatic carbocycles. The number of carbonyl (C=O) groups is 1. The number of benzene rings is 2. The Morgan fingerprint density at radius 2 is 1.74 bits per heavy atom. The second-order valence-electron chi connectivity index (χ2n) is 7.79. The third-order valence-corrected chi connectivity index (χ3v) is 5.14. The highest BCUT2D eigenvalue weighted by atomic mass is 35.5. The molecule has 186 valence electrons. The normalized spacial score (nSPS) is 12.2. The molecule has 0 spiro atoms. The molecule has 0 radical (unpaired) electrons. The topological polar surface area (TPSA) is 108 Å². The molecule has 0 saturated heterocycles. The molecule has 1 heterocycles. The third kappa shape index (κ3) is 7.46. The van der Waals surface area contributed by atoms with Gasteiger partial charge in [0.15, 0.2) is 0 Å². The summed E-state index contributed by atoms with van der Waals surface area (Å²) in [7, 11) is 0. The maximum Gasteiger partial charge on any atom is 0.417 e. The van der Waals surface area contributed by atoms with Crippen LogP contribution >= 0.6 is 11.6 Å². The number of hydrogen-bond acceptors (Lipinski definition) is 6. The molecule has 0 unspecified atom stereocenters. The van der Waals surface area contributed by atoms with E-state index in [1.165, 1.54) is 12.3 Å². The Morgan fingerprint density at radius 1 is 1.09 bits per heavy atom. The number of aliphatic hydroxyl groups is 1. The molecule has 0 saturated carbocycles. The first-order valence-corrected chi connectivity index (χ1v) is 10.9. The molecule has 0 bridgehead atoms. The highest BCUT2D eigenvalue weighted by molar-refractivity contribution is 6.31. The minimum Gasteiger partial charge on any atom is -0.439 e. The van der Waals surface area contributed by atoms with E-state index in [-0.39, 0.29) is 30.1 Å². The number of halogens is 4. The maximum atomic E-state index is 13.0. The van der Waals surface area contributed by atoms with Gasteiger partial charge in [-0.1, -0.05) is 25.4 Å². The Labute approximate surface area is 204 Å². The van der Waals surface area contributed by atoms with E-state index in [4.69, 9.17) is 16.3 Å². The number of ether oxygens (including phenoxy) is 1. The van der Waals surface area contributed by atoms with Gasteiger partial charge >= 0.3 is 12.2 Å². The van der Waals surface area contributed by atoms with Crippen molar-refractivity contribution >= 4 is 35.0 Å². The summed E-state index contributed by atoms with van der Waals surface area (Å²) < 4.78 is 44.7. The lowest BCUT2D eigenvalue weighted by atomic mass is 10.1. The molecular formula is C23H23ClF3N5O3. The number of rotatable bonds is 8. The van der Waals surface area contributed by atoms with E-state index in [9.17, 15) is 23.1 Å². The van der Waals surface area contributed by atoms with Crippen molar-refractivity contribution in [3.8, 4) is 11.6 Å². The fraction of sp³-hybridized carbons (Fsp3) is 0.261. The second-order valence-corrected chi connectivity index (χ2v) is 8.20. The first-order chi connectivity index (χ1) is 16.5. The summed E-state index contributed by atoms with van der Waals surface area (Å²) in [4.78, 5) is 20.6. The number of hydrogen-bond donors (Lipinski definition) is 4. The summed E-state index contributed by atoms with van der Waals surface area (Å²) in [5.41, 5.74) is -0.724. The van der Waals surface area contributed by atoms with Crippen LogP contribution in [0.4, 0.5) is 35.3 Å². The minimum absolute atomic E-state index is 0.0618. The average molecular weight is 510 g/mol. The number of carbonyl (C=O) groups excluding carboxylic acids is 1. The zero-order valence-corrected chi connectivity index (χ0v) is 19.5. The molecule has 2 aromatic carbocycles. The van der Waals surface area contributed by atoms with Gasteiger partial charge in [-0.15, -0.1) is 0 Å². The van der Waals surface area contributed by atoms with Crippen LogP contribution in [0.2, 0.25) is 5.02 Å². The Balaban J connectivity index is 1.60. The number of alkyl halides is 3. The summed E-state index contributed by atoms with van der Waals surface area (Å²) in [6, 6.07) is 9.98. The number of nitrogens with zero attached hydrogens (tertiary/aromatic N) is 2. The summed E-state index contributed by atoms with van der Waals surface area (Å²) in [5, 5.41) is 16.9.